The smallest absolute Gasteiger partial charge is 0.0550 e. The summed E-state index contributed by atoms with van der Waals surface area (Å²) in [5, 5.41) is 19.2. The van der Waals surface area contributed by atoms with E-state index in [2.05, 4.69) is 0 Å². The van der Waals surface area contributed by atoms with Crippen molar-refractivity contribution in [1.29, 1.82) is 0 Å². The van der Waals surface area contributed by atoms with E-state index < -0.39 is 5.41 Å². The van der Waals surface area contributed by atoms with E-state index in [9.17, 15) is 10.2 Å². The molecular formula is C14H22O3. The molecular weight excluding hydrogens is 216 g/mol. The highest BCUT2D eigenvalue weighted by atomic mass is 16.5. The SMILES string of the molecule is COCCCCC(CO)(CO)c1ccccc1. The van der Waals surface area contributed by atoms with Crippen molar-refractivity contribution in [3.63, 3.8) is 0 Å². The van der Waals surface area contributed by atoms with Gasteiger partial charge in [-0.3, -0.25) is 0 Å². The van der Waals surface area contributed by atoms with Crippen molar-refractivity contribution in [2.45, 2.75) is 24.7 Å². The molecule has 0 heterocycles. The molecule has 0 saturated heterocycles. The maximum atomic E-state index is 9.60. The van der Waals surface area contributed by atoms with Gasteiger partial charge in [0.1, 0.15) is 0 Å². The lowest BCUT2D eigenvalue weighted by atomic mass is 9.78. The molecule has 0 aromatic heterocycles. The fourth-order valence-corrected chi connectivity index (χ4v) is 2.04. The third-order valence-electron chi connectivity index (χ3n) is 3.25. The van der Waals surface area contributed by atoms with E-state index in [-0.39, 0.29) is 13.2 Å². The molecule has 0 fully saturated rings. The Hall–Kier alpha value is -0.900. The first-order chi connectivity index (χ1) is 8.29. The average molecular weight is 238 g/mol. The van der Waals surface area contributed by atoms with Gasteiger partial charge in [-0.2, -0.15) is 0 Å². The zero-order valence-electron chi connectivity index (χ0n) is 10.4. The summed E-state index contributed by atoms with van der Waals surface area (Å²) < 4.78 is 5.00. The Morgan fingerprint density at radius 2 is 1.71 bits per heavy atom. The molecule has 0 aliphatic carbocycles. The monoisotopic (exact) mass is 238 g/mol. The van der Waals surface area contributed by atoms with Crippen LogP contribution in [0.25, 0.3) is 0 Å². The van der Waals surface area contributed by atoms with Crippen LogP contribution in [0.4, 0.5) is 0 Å². The van der Waals surface area contributed by atoms with Crippen LogP contribution in [0.3, 0.4) is 0 Å². The van der Waals surface area contributed by atoms with E-state index in [1.165, 1.54) is 0 Å². The second-order valence-corrected chi connectivity index (χ2v) is 4.41. The van der Waals surface area contributed by atoms with Gasteiger partial charge in [0.05, 0.1) is 13.2 Å². The van der Waals surface area contributed by atoms with Gasteiger partial charge in [0, 0.05) is 19.1 Å². The number of aliphatic hydroxyl groups excluding tert-OH is 2. The van der Waals surface area contributed by atoms with E-state index in [1.807, 2.05) is 30.3 Å². The highest BCUT2D eigenvalue weighted by Crippen LogP contribution is 2.29. The first kappa shape index (κ1) is 14.2. The van der Waals surface area contributed by atoms with Crippen molar-refractivity contribution in [2.24, 2.45) is 0 Å². The summed E-state index contributed by atoms with van der Waals surface area (Å²) in [5.41, 5.74) is 0.483. The molecule has 0 amide bonds. The van der Waals surface area contributed by atoms with Gasteiger partial charge in [0.15, 0.2) is 0 Å². The lowest BCUT2D eigenvalue weighted by molar-refractivity contribution is 0.104. The van der Waals surface area contributed by atoms with Crippen LogP contribution in [0, 0.1) is 0 Å². The van der Waals surface area contributed by atoms with Gasteiger partial charge < -0.3 is 14.9 Å². The minimum Gasteiger partial charge on any atom is -0.395 e. The number of rotatable bonds is 8. The van der Waals surface area contributed by atoms with Crippen LogP contribution in [-0.2, 0) is 10.2 Å². The summed E-state index contributed by atoms with van der Waals surface area (Å²) in [6.45, 7) is 0.669. The Kier molecular flexibility index (Phi) is 6.19. The third-order valence-corrected chi connectivity index (χ3v) is 3.25. The normalized spacial score (nSPS) is 11.7. The number of methoxy groups -OCH3 is 1. The summed E-state index contributed by atoms with van der Waals surface area (Å²) in [6, 6.07) is 9.73. The van der Waals surface area contributed by atoms with Gasteiger partial charge in [0.25, 0.3) is 0 Å². The zero-order valence-corrected chi connectivity index (χ0v) is 10.4. The second kappa shape index (κ2) is 7.43. The molecule has 1 aromatic carbocycles. The summed E-state index contributed by atoms with van der Waals surface area (Å²) in [7, 11) is 1.68. The van der Waals surface area contributed by atoms with Gasteiger partial charge in [-0.1, -0.05) is 36.8 Å². The zero-order chi connectivity index (χ0) is 12.6. The second-order valence-electron chi connectivity index (χ2n) is 4.41. The van der Waals surface area contributed by atoms with Crippen molar-refractivity contribution in [2.75, 3.05) is 26.9 Å². The standard InChI is InChI=1S/C14H22O3/c1-17-10-6-5-9-14(11-15,12-16)13-7-3-2-4-8-13/h2-4,7-8,15-16H,5-6,9-12H2,1H3. The van der Waals surface area contributed by atoms with Crippen LogP contribution in [0.1, 0.15) is 24.8 Å². The van der Waals surface area contributed by atoms with E-state index in [0.717, 1.165) is 31.4 Å². The van der Waals surface area contributed by atoms with Crippen LogP contribution in [-0.4, -0.2) is 37.1 Å². The first-order valence-corrected chi connectivity index (χ1v) is 6.05. The van der Waals surface area contributed by atoms with Gasteiger partial charge >= 0.3 is 0 Å². The number of hydrogen-bond acceptors (Lipinski definition) is 3. The molecule has 0 aliphatic heterocycles. The molecule has 3 nitrogen and oxygen atoms in total. The van der Waals surface area contributed by atoms with Crippen molar-refractivity contribution in [1.82, 2.24) is 0 Å². The Labute approximate surface area is 103 Å². The number of benzene rings is 1. The van der Waals surface area contributed by atoms with Crippen LogP contribution in [0.5, 0.6) is 0 Å². The molecule has 1 aromatic rings. The minimum absolute atomic E-state index is 0.0273. The summed E-state index contributed by atoms with van der Waals surface area (Å²) in [6.07, 6.45) is 2.66. The predicted molar refractivity (Wildman–Crippen MR) is 68.0 cm³/mol. The van der Waals surface area contributed by atoms with E-state index in [1.54, 1.807) is 7.11 Å². The van der Waals surface area contributed by atoms with Crippen LogP contribution in [0.2, 0.25) is 0 Å². The predicted octanol–water partition coefficient (Wildman–Crippen LogP) is 1.73. The highest BCUT2D eigenvalue weighted by molar-refractivity contribution is 5.25. The molecule has 17 heavy (non-hydrogen) atoms. The lowest BCUT2D eigenvalue weighted by Gasteiger charge is -2.30. The Balaban J connectivity index is 2.68. The Morgan fingerprint density at radius 3 is 2.24 bits per heavy atom. The van der Waals surface area contributed by atoms with Crippen molar-refractivity contribution in [3.8, 4) is 0 Å². The van der Waals surface area contributed by atoms with Gasteiger partial charge in [-0.05, 0) is 18.4 Å². The Bertz CT molecular complexity index is 294. The molecule has 0 atom stereocenters. The van der Waals surface area contributed by atoms with Crippen molar-refractivity contribution < 1.29 is 14.9 Å². The summed E-state index contributed by atoms with van der Waals surface area (Å²) in [4.78, 5) is 0. The topological polar surface area (TPSA) is 49.7 Å². The maximum Gasteiger partial charge on any atom is 0.0550 e. The minimum atomic E-state index is -0.519. The number of unbranched alkanes of at least 4 members (excludes halogenated alkanes) is 1. The van der Waals surface area contributed by atoms with Crippen molar-refractivity contribution >= 4 is 0 Å². The third kappa shape index (κ3) is 3.80. The van der Waals surface area contributed by atoms with Gasteiger partial charge in [0.2, 0.25) is 0 Å². The summed E-state index contributed by atoms with van der Waals surface area (Å²) in [5.74, 6) is 0. The molecule has 2 N–H and O–H groups in total. The molecule has 96 valence electrons. The highest BCUT2D eigenvalue weighted by Gasteiger charge is 2.30. The first-order valence-electron chi connectivity index (χ1n) is 6.05. The average Bonchev–Trinajstić information content (AvgIpc) is 2.41. The number of hydrogen-bond donors (Lipinski definition) is 2. The lowest BCUT2D eigenvalue weighted by Crippen LogP contribution is -2.34. The molecule has 0 radical (unpaired) electrons. The maximum absolute atomic E-state index is 9.60. The van der Waals surface area contributed by atoms with E-state index in [0.29, 0.717) is 0 Å². The van der Waals surface area contributed by atoms with Crippen LogP contribution >= 0.6 is 0 Å². The van der Waals surface area contributed by atoms with E-state index >= 15 is 0 Å². The molecule has 0 bridgehead atoms. The largest absolute Gasteiger partial charge is 0.395 e. The molecule has 1 rings (SSSR count). The Morgan fingerprint density at radius 1 is 1.06 bits per heavy atom. The van der Waals surface area contributed by atoms with Crippen molar-refractivity contribution in [3.05, 3.63) is 35.9 Å². The molecule has 0 saturated carbocycles. The molecule has 0 aliphatic rings. The van der Waals surface area contributed by atoms with Crippen LogP contribution < -0.4 is 0 Å². The number of aliphatic hydroxyl groups is 2. The fourth-order valence-electron chi connectivity index (χ4n) is 2.04. The molecule has 0 spiro atoms. The number of ether oxygens (including phenoxy) is 1. The summed E-state index contributed by atoms with van der Waals surface area (Å²) >= 11 is 0. The van der Waals surface area contributed by atoms with Gasteiger partial charge in [-0.15, -0.1) is 0 Å². The quantitative estimate of drug-likeness (QED) is 0.678. The molecule has 0 unspecified atom stereocenters. The van der Waals surface area contributed by atoms with Gasteiger partial charge in [-0.25, -0.2) is 0 Å². The molecule has 3 heteroatoms. The fraction of sp³-hybridized carbons (Fsp3) is 0.571. The van der Waals surface area contributed by atoms with E-state index in [4.69, 9.17) is 4.74 Å². The van der Waals surface area contributed by atoms with Crippen LogP contribution in [0.15, 0.2) is 30.3 Å².